The molecule has 0 unspecified atom stereocenters. The number of benzene rings is 1. The first-order valence-corrected chi connectivity index (χ1v) is 9.82. The highest BCUT2D eigenvalue weighted by atomic mass is 35.5. The van der Waals surface area contributed by atoms with Crippen LogP contribution in [0.2, 0.25) is 5.02 Å². The summed E-state index contributed by atoms with van der Waals surface area (Å²) in [6.45, 7) is 2.19. The smallest absolute Gasteiger partial charge is 0.257 e. The summed E-state index contributed by atoms with van der Waals surface area (Å²) in [5.74, 6) is 1.68. The number of anilines is 3. The Balaban J connectivity index is 1.48. The van der Waals surface area contributed by atoms with E-state index in [1.165, 1.54) is 0 Å². The van der Waals surface area contributed by atoms with Gasteiger partial charge in [-0.05, 0) is 12.1 Å². The van der Waals surface area contributed by atoms with Crippen molar-refractivity contribution in [1.82, 2.24) is 19.9 Å². The van der Waals surface area contributed by atoms with E-state index >= 15 is 0 Å². The molecule has 0 bridgehead atoms. The summed E-state index contributed by atoms with van der Waals surface area (Å²) in [6, 6.07) is 3.48. The van der Waals surface area contributed by atoms with Crippen LogP contribution in [-0.2, 0) is 4.74 Å². The molecular weight excluding hydrogens is 412 g/mol. The molecule has 2 aromatic heterocycles. The van der Waals surface area contributed by atoms with Gasteiger partial charge in [-0.3, -0.25) is 4.79 Å². The predicted octanol–water partition coefficient (Wildman–Crippen LogP) is 2.60. The zero-order valence-corrected chi connectivity index (χ0v) is 16.9. The maximum Gasteiger partial charge on any atom is 0.257 e. The summed E-state index contributed by atoms with van der Waals surface area (Å²) >= 11 is 6.20. The van der Waals surface area contributed by atoms with E-state index in [4.69, 9.17) is 25.8 Å². The minimum absolute atomic E-state index is 0.0330. The Hall–Kier alpha value is -3.24. The molecule has 2 aliphatic rings. The van der Waals surface area contributed by atoms with Gasteiger partial charge in [-0.1, -0.05) is 11.6 Å². The molecule has 0 atom stereocenters. The van der Waals surface area contributed by atoms with E-state index in [1.54, 1.807) is 30.3 Å². The topological polar surface area (TPSA) is 114 Å². The fraction of sp³-hybridized carbons (Fsp3) is 0.316. The normalized spacial score (nSPS) is 15.5. The van der Waals surface area contributed by atoms with E-state index in [9.17, 15) is 4.79 Å². The highest BCUT2D eigenvalue weighted by Crippen LogP contribution is 2.43. The third-order valence-electron chi connectivity index (χ3n) is 5.01. The highest BCUT2D eigenvalue weighted by molar-refractivity contribution is 6.36. The van der Waals surface area contributed by atoms with Gasteiger partial charge in [0.25, 0.3) is 5.91 Å². The van der Waals surface area contributed by atoms with Crippen LogP contribution in [0.4, 0.5) is 17.5 Å². The molecule has 4 heterocycles. The Labute approximate surface area is 176 Å². The number of rotatable bonds is 4. The lowest BCUT2D eigenvalue weighted by molar-refractivity contribution is 0.0300. The van der Waals surface area contributed by atoms with Crippen LogP contribution in [-0.4, -0.2) is 65.9 Å². The van der Waals surface area contributed by atoms with Crippen molar-refractivity contribution in [3.63, 3.8) is 0 Å². The standard InChI is InChI=1S/C19H19ClN6O4/c1-21-16-13-11(20)8-22-17(13)25-19(24-16)23-12-3-2-10(14-15(12)30-9-29-14)18(27)26-4-6-28-7-5-26/h2-3,8H,4-7,9H2,1H3,(H3,21,22,23,24,25). The second-order valence-electron chi connectivity index (χ2n) is 6.76. The number of nitrogens with one attached hydrogen (secondary N) is 3. The second-order valence-corrected chi connectivity index (χ2v) is 7.17. The summed E-state index contributed by atoms with van der Waals surface area (Å²) in [5, 5.41) is 7.42. The molecule has 0 radical (unpaired) electrons. The lowest BCUT2D eigenvalue weighted by Crippen LogP contribution is -2.40. The first kappa shape index (κ1) is 18.8. The van der Waals surface area contributed by atoms with Crippen molar-refractivity contribution in [1.29, 1.82) is 0 Å². The number of H-pyrrole nitrogens is 1. The van der Waals surface area contributed by atoms with Gasteiger partial charge in [0.05, 0.1) is 34.9 Å². The van der Waals surface area contributed by atoms with E-state index < -0.39 is 0 Å². The van der Waals surface area contributed by atoms with E-state index in [0.29, 0.717) is 76.9 Å². The van der Waals surface area contributed by atoms with Crippen LogP contribution in [0.3, 0.4) is 0 Å². The molecule has 1 aromatic carbocycles. The van der Waals surface area contributed by atoms with E-state index in [2.05, 4.69) is 25.6 Å². The summed E-state index contributed by atoms with van der Waals surface area (Å²) in [7, 11) is 1.76. The maximum absolute atomic E-state index is 12.9. The van der Waals surface area contributed by atoms with Crippen LogP contribution in [0.1, 0.15) is 10.4 Å². The fourth-order valence-corrected chi connectivity index (χ4v) is 3.79. The number of hydrogen-bond acceptors (Lipinski definition) is 8. The Bertz CT molecular complexity index is 1130. The summed E-state index contributed by atoms with van der Waals surface area (Å²) in [5.41, 5.74) is 1.65. The quantitative estimate of drug-likeness (QED) is 0.578. The van der Waals surface area contributed by atoms with Crippen molar-refractivity contribution < 1.29 is 19.0 Å². The molecule has 11 heteroatoms. The first-order valence-electron chi connectivity index (χ1n) is 9.44. The van der Waals surface area contributed by atoms with Gasteiger partial charge in [-0.2, -0.15) is 9.97 Å². The average Bonchev–Trinajstić information content (AvgIpc) is 3.41. The Morgan fingerprint density at radius 1 is 1.20 bits per heavy atom. The number of aromatic nitrogens is 3. The van der Waals surface area contributed by atoms with Crippen LogP contribution >= 0.6 is 11.6 Å². The number of carbonyl (C=O) groups is 1. The monoisotopic (exact) mass is 430 g/mol. The van der Waals surface area contributed by atoms with Gasteiger partial charge >= 0.3 is 0 Å². The molecule has 0 saturated carbocycles. The van der Waals surface area contributed by atoms with Crippen LogP contribution in [0.5, 0.6) is 11.5 Å². The van der Waals surface area contributed by atoms with Crippen LogP contribution in [0.25, 0.3) is 11.0 Å². The number of halogens is 1. The lowest BCUT2D eigenvalue weighted by atomic mass is 10.1. The molecule has 1 amide bonds. The molecule has 3 aromatic rings. The van der Waals surface area contributed by atoms with E-state index in [1.807, 2.05) is 0 Å². The van der Waals surface area contributed by atoms with Crippen molar-refractivity contribution in [2.24, 2.45) is 0 Å². The van der Waals surface area contributed by atoms with Gasteiger partial charge in [0.2, 0.25) is 12.7 Å². The molecule has 5 rings (SSSR count). The maximum atomic E-state index is 12.9. The van der Waals surface area contributed by atoms with Gasteiger partial charge in [0.1, 0.15) is 11.5 Å². The third-order valence-corrected chi connectivity index (χ3v) is 5.31. The van der Waals surface area contributed by atoms with Crippen molar-refractivity contribution in [2.75, 3.05) is 50.8 Å². The zero-order valence-electron chi connectivity index (χ0n) is 16.1. The zero-order chi connectivity index (χ0) is 20.7. The number of aromatic amines is 1. The number of ether oxygens (including phenoxy) is 3. The molecule has 0 aliphatic carbocycles. The summed E-state index contributed by atoms with van der Waals surface area (Å²) in [6.07, 6.45) is 1.66. The SMILES string of the molecule is CNc1nc(Nc2ccc(C(=O)N3CCOCC3)c3c2OCO3)nc2[nH]cc(Cl)c12. The molecule has 0 spiro atoms. The van der Waals surface area contributed by atoms with E-state index in [0.717, 1.165) is 0 Å². The van der Waals surface area contributed by atoms with Crippen molar-refractivity contribution in [3.05, 3.63) is 28.9 Å². The number of carbonyl (C=O) groups excluding carboxylic acids is 1. The number of nitrogens with zero attached hydrogens (tertiary/aromatic N) is 3. The van der Waals surface area contributed by atoms with Crippen molar-refractivity contribution in [3.8, 4) is 11.5 Å². The number of amides is 1. The molecule has 3 N–H and O–H groups in total. The average molecular weight is 431 g/mol. The predicted molar refractivity (Wildman–Crippen MR) is 111 cm³/mol. The Morgan fingerprint density at radius 2 is 2.00 bits per heavy atom. The molecule has 10 nitrogen and oxygen atoms in total. The highest BCUT2D eigenvalue weighted by Gasteiger charge is 2.29. The third kappa shape index (κ3) is 3.14. The van der Waals surface area contributed by atoms with Gasteiger partial charge in [-0.15, -0.1) is 0 Å². The van der Waals surface area contributed by atoms with Crippen LogP contribution in [0.15, 0.2) is 18.3 Å². The summed E-state index contributed by atoms with van der Waals surface area (Å²) in [4.78, 5) is 26.6. The van der Waals surface area contributed by atoms with E-state index in [-0.39, 0.29) is 12.7 Å². The molecule has 156 valence electrons. The Morgan fingerprint density at radius 3 is 2.80 bits per heavy atom. The van der Waals surface area contributed by atoms with Crippen molar-refractivity contribution >= 4 is 46.0 Å². The number of morpholine rings is 1. The second kappa shape index (κ2) is 7.54. The largest absolute Gasteiger partial charge is 0.453 e. The molecular formula is C19H19ClN6O4. The van der Waals surface area contributed by atoms with Gasteiger partial charge < -0.3 is 34.7 Å². The minimum Gasteiger partial charge on any atom is -0.453 e. The first-order chi connectivity index (χ1) is 14.7. The molecule has 30 heavy (non-hydrogen) atoms. The minimum atomic E-state index is -0.109. The van der Waals surface area contributed by atoms with Gasteiger partial charge in [0.15, 0.2) is 11.5 Å². The van der Waals surface area contributed by atoms with Gasteiger partial charge in [-0.25, -0.2) is 0 Å². The lowest BCUT2D eigenvalue weighted by Gasteiger charge is -2.27. The Kier molecular flexibility index (Phi) is 4.72. The number of hydrogen-bond donors (Lipinski definition) is 3. The molecule has 2 aliphatic heterocycles. The number of fused-ring (bicyclic) bond motifs is 2. The van der Waals surface area contributed by atoms with Crippen LogP contribution in [0, 0.1) is 0 Å². The van der Waals surface area contributed by atoms with Gasteiger partial charge in [0, 0.05) is 26.3 Å². The van der Waals surface area contributed by atoms with Crippen LogP contribution < -0.4 is 20.1 Å². The molecule has 1 fully saturated rings. The summed E-state index contributed by atoms with van der Waals surface area (Å²) < 4.78 is 16.6. The fourth-order valence-electron chi connectivity index (χ4n) is 3.55. The molecule has 1 saturated heterocycles. The van der Waals surface area contributed by atoms with Crippen molar-refractivity contribution in [2.45, 2.75) is 0 Å².